The lowest BCUT2D eigenvalue weighted by Gasteiger charge is -2.29. The van der Waals surface area contributed by atoms with Crippen LogP contribution in [0.15, 0.2) is 28.7 Å². The number of rotatable bonds is 6. The number of aliphatic hydroxyl groups excluding tert-OH is 1. The first kappa shape index (κ1) is 15.6. The largest absolute Gasteiger partial charge is 0.451 e. The standard InChI is InChI=1S/C17H23NO3/c1-4-17(5-2,11-19)10-18-16(20)15-12(3)13-8-6-7-9-14(13)21-15/h6-9,19H,4-5,10-11H2,1-3H3,(H,18,20). The van der Waals surface area contributed by atoms with Crippen LogP contribution in [0.1, 0.15) is 42.8 Å². The van der Waals surface area contributed by atoms with Crippen LogP contribution in [0.25, 0.3) is 11.0 Å². The number of aliphatic hydroxyl groups is 1. The van der Waals surface area contributed by atoms with Crippen LogP contribution in [0.3, 0.4) is 0 Å². The maximum Gasteiger partial charge on any atom is 0.287 e. The molecule has 0 spiro atoms. The summed E-state index contributed by atoms with van der Waals surface area (Å²) in [5.41, 5.74) is 1.32. The van der Waals surface area contributed by atoms with Crippen molar-refractivity contribution in [1.29, 1.82) is 0 Å². The van der Waals surface area contributed by atoms with Crippen LogP contribution < -0.4 is 5.32 Å². The van der Waals surface area contributed by atoms with Crippen molar-refractivity contribution < 1.29 is 14.3 Å². The Bertz CT molecular complexity index is 618. The summed E-state index contributed by atoms with van der Waals surface area (Å²) in [5, 5.41) is 13.4. The van der Waals surface area contributed by atoms with Gasteiger partial charge in [0.25, 0.3) is 5.91 Å². The first-order valence-corrected chi connectivity index (χ1v) is 7.44. The molecule has 1 heterocycles. The SMILES string of the molecule is CCC(CC)(CO)CNC(=O)c1oc2ccccc2c1C. The van der Waals surface area contributed by atoms with Gasteiger partial charge in [-0.25, -0.2) is 0 Å². The summed E-state index contributed by atoms with van der Waals surface area (Å²) >= 11 is 0. The van der Waals surface area contributed by atoms with Gasteiger partial charge in [0.15, 0.2) is 5.76 Å². The molecule has 0 atom stereocenters. The van der Waals surface area contributed by atoms with Crippen molar-refractivity contribution in [2.24, 2.45) is 5.41 Å². The van der Waals surface area contributed by atoms with Crippen LogP contribution >= 0.6 is 0 Å². The van der Waals surface area contributed by atoms with Crippen molar-refractivity contribution >= 4 is 16.9 Å². The number of furan rings is 1. The summed E-state index contributed by atoms with van der Waals surface area (Å²) in [6, 6.07) is 7.62. The fraction of sp³-hybridized carbons (Fsp3) is 0.471. The molecule has 1 amide bonds. The Hall–Kier alpha value is -1.81. The van der Waals surface area contributed by atoms with Gasteiger partial charge in [0.05, 0.1) is 6.61 Å². The zero-order valence-corrected chi connectivity index (χ0v) is 12.9. The van der Waals surface area contributed by atoms with E-state index < -0.39 is 0 Å². The second-order valence-electron chi connectivity index (χ2n) is 5.60. The van der Waals surface area contributed by atoms with Crippen LogP contribution in [-0.2, 0) is 0 Å². The average molecular weight is 289 g/mol. The molecule has 21 heavy (non-hydrogen) atoms. The van der Waals surface area contributed by atoms with Gasteiger partial charge in [-0.15, -0.1) is 0 Å². The molecule has 0 saturated carbocycles. The van der Waals surface area contributed by atoms with E-state index in [2.05, 4.69) is 5.32 Å². The smallest absolute Gasteiger partial charge is 0.287 e. The first-order chi connectivity index (χ1) is 10.1. The Labute approximate surface area is 125 Å². The van der Waals surface area contributed by atoms with Crippen molar-refractivity contribution in [3.05, 3.63) is 35.6 Å². The van der Waals surface area contributed by atoms with Gasteiger partial charge in [-0.3, -0.25) is 4.79 Å². The average Bonchev–Trinajstić information content (AvgIpc) is 2.87. The Morgan fingerprint density at radius 2 is 1.95 bits per heavy atom. The van der Waals surface area contributed by atoms with Gasteiger partial charge < -0.3 is 14.8 Å². The number of nitrogens with one attached hydrogen (secondary N) is 1. The highest BCUT2D eigenvalue weighted by Gasteiger charge is 2.27. The number of para-hydroxylation sites is 1. The van der Waals surface area contributed by atoms with Crippen LogP contribution in [0, 0.1) is 12.3 Å². The topological polar surface area (TPSA) is 62.5 Å². The molecule has 4 heteroatoms. The number of benzene rings is 1. The van der Waals surface area contributed by atoms with Crippen LogP contribution in [0.4, 0.5) is 0 Å². The molecule has 2 aromatic rings. The fourth-order valence-electron chi connectivity index (χ4n) is 2.52. The Morgan fingerprint density at radius 1 is 1.29 bits per heavy atom. The highest BCUT2D eigenvalue weighted by molar-refractivity contribution is 5.98. The van der Waals surface area contributed by atoms with Crippen LogP contribution in [0.2, 0.25) is 0 Å². The normalized spacial score (nSPS) is 11.8. The molecule has 114 valence electrons. The van der Waals surface area contributed by atoms with Gasteiger partial charge in [0.2, 0.25) is 0 Å². The number of carbonyl (C=O) groups is 1. The second-order valence-corrected chi connectivity index (χ2v) is 5.60. The number of aryl methyl sites for hydroxylation is 1. The summed E-state index contributed by atoms with van der Waals surface area (Å²) in [7, 11) is 0. The highest BCUT2D eigenvalue weighted by atomic mass is 16.3. The van der Waals surface area contributed by atoms with Crippen molar-refractivity contribution in [2.75, 3.05) is 13.2 Å². The minimum Gasteiger partial charge on any atom is -0.451 e. The van der Waals surface area contributed by atoms with E-state index in [0.717, 1.165) is 29.4 Å². The van der Waals surface area contributed by atoms with E-state index in [1.807, 2.05) is 45.0 Å². The predicted octanol–water partition coefficient (Wildman–Crippen LogP) is 3.27. The Kier molecular flexibility index (Phi) is 4.68. The molecule has 0 aliphatic heterocycles. The van der Waals surface area contributed by atoms with Gasteiger partial charge >= 0.3 is 0 Å². The minimum atomic E-state index is -0.254. The van der Waals surface area contributed by atoms with E-state index in [1.165, 1.54) is 0 Å². The minimum absolute atomic E-state index is 0.0688. The van der Waals surface area contributed by atoms with Gasteiger partial charge in [-0.05, 0) is 25.8 Å². The Balaban J connectivity index is 2.17. The van der Waals surface area contributed by atoms with Crippen molar-refractivity contribution in [3.8, 4) is 0 Å². The third kappa shape index (κ3) is 2.95. The van der Waals surface area contributed by atoms with E-state index in [0.29, 0.717) is 12.3 Å². The zero-order chi connectivity index (χ0) is 15.5. The van der Waals surface area contributed by atoms with Gasteiger partial charge in [0, 0.05) is 22.9 Å². The molecule has 4 nitrogen and oxygen atoms in total. The van der Waals surface area contributed by atoms with E-state index in [1.54, 1.807) is 0 Å². The molecule has 1 aromatic carbocycles. The monoisotopic (exact) mass is 289 g/mol. The number of hydrogen-bond donors (Lipinski definition) is 2. The lowest BCUT2D eigenvalue weighted by atomic mass is 9.83. The molecule has 0 saturated heterocycles. The zero-order valence-electron chi connectivity index (χ0n) is 12.9. The van der Waals surface area contributed by atoms with E-state index >= 15 is 0 Å². The maximum absolute atomic E-state index is 12.3. The predicted molar refractivity (Wildman–Crippen MR) is 83.4 cm³/mol. The lowest BCUT2D eigenvalue weighted by Crippen LogP contribution is -2.39. The van der Waals surface area contributed by atoms with E-state index in [9.17, 15) is 9.90 Å². The summed E-state index contributed by atoms with van der Waals surface area (Å²) in [6.07, 6.45) is 1.64. The molecular weight excluding hydrogens is 266 g/mol. The van der Waals surface area contributed by atoms with Crippen molar-refractivity contribution in [1.82, 2.24) is 5.32 Å². The van der Waals surface area contributed by atoms with Gasteiger partial charge in [-0.2, -0.15) is 0 Å². The number of hydrogen-bond acceptors (Lipinski definition) is 3. The molecule has 0 radical (unpaired) electrons. The molecule has 0 unspecified atom stereocenters. The molecule has 0 bridgehead atoms. The Morgan fingerprint density at radius 3 is 2.52 bits per heavy atom. The number of fused-ring (bicyclic) bond motifs is 1. The van der Waals surface area contributed by atoms with E-state index in [4.69, 9.17) is 4.42 Å². The van der Waals surface area contributed by atoms with E-state index in [-0.39, 0.29) is 17.9 Å². The molecule has 2 rings (SSSR count). The van der Waals surface area contributed by atoms with Crippen LogP contribution in [0.5, 0.6) is 0 Å². The highest BCUT2D eigenvalue weighted by Crippen LogP contribution is 2.27. The van der Waals surface area contributed by atoms with Gasteiger partial charge in [-0.1, -0.05) is 32.0 Å². The number of amides is 1. The van der Waals surface area contributed by atoms with Gasteiger partial charge in [0.1, 0.15) is 5.58 Å². The summed E-state index contributed by atoms with van der Waals surface area (Å²) < 4.78 is 5.65. The third-order valence-corrected chi connectivity index (χ3v) is 4.51. The summed E-state index contributed by atoms with van der Waals surface area (Å²) in [6.45, 7) is 6.46. The first-order valence-electron chi connectivity index (χ1n) is 7.44. The molecular formula is C17H23NO3. The molecule has 2 N–H and O–H groups in total. The van der Waals surface area contributed by atoms with Crippen molar-refractivity contribution in [2.45, 2.75) is 33.6 Å². The summed E-state index contributed by atoms with van der Waals surface area (Å²) in [5.74, 6) is 0.138. The maximum atomic E-state index is 12.3. The molecule has 0 fully saturated rings. The summed E-state index contributed by atoms with van der Waals surface area (Å²) in [4.78, 5) is 12.3. The lowest BCUT2D eigenvalue weighted by molar-refractivity contribution is 0.0828. The number of carbonyl (C=O) groups excluding carboxylic acids is 1. The van der Waals surface area contributed by atoms with Crippen LogP contribution in [-0.4, -0.2) is 24.2 Å². The fourth-order valence-corrected chi connectivity index (χ4v) is 2.52. The molecule has 0 aliphatic carbocycles. The molecule has 1 aromatic heterocycles. The second kappa shape index (κ2) is 6.31. The molecule has 0 aliphatic rings. The van der Waals surface area contributed by atoms with Crippen molar-refractivity contribution in [3.63, 3.8) is 0 Å². The third-order valence-electron chi connectivity index (χ3n) is 4.51. The quantitative estimate of drug-likeness (QED) is 0.858.